The van der Waals surface area contributed by atoms with Crippen LogP contribution in [0.25, 0.3) is 0 Å². The highest BCUT2D eigenvalue weighted by atomic mass is 16.6. The van der Waals surface area contributed by atoms with E-state index in [0.29, 0.717) is 24.7 Å². The average Bonchev–Trinajstić information content (AvgIpc) is 2.65. The first-order valence-electron chi connectivity index (χ1n) is 5.85. The zero-order valence-electron chi connectivity index (χ0n) is 10.8. The van der Waals surface area contributed by atoms with Gasteiger partial charge in [0.1, 0.15) is 11.9 Å². The Bertz CT molecular complexity index is 439. The van der Waals surface area contributed by atoms with E-state index in [1.54, 1.807) is 6.92 Å². The second-order valence-electron chi connectivity index (χ2n) is 4.54. The maximum absolute atomic E-state index is 11.5. The molecule has 7 heteroatoms. The molecule has 0 unspecified atom stereocenters. The molecule has 0 aliphatic heterocycles. The predicted octanol–water partition coefficient (Wildman–Crippen LogP) is 1.26. The number of amides is 1. The van der Waals surface area contributed by atoms with Crippen molar-refractivity contribution in [1.82, 2.24) is 15.1 Å². The first-order chi connectivity index (χ1) is 8.41. The van der Waals surface area contributed by atoms with Crippen LogP contribution in [-0.4, -0.2) is 27.2 Å². The molecule has 18 heavy (non-hydrogen) atoms. The lowest BCUT2D eigenvalue weighted by Crippen LogP contribution is -2.28. The van der Waals surface area contributed by atoms with Crippen LogP contribution in [0.4, 0.5) is 5.69 Å². The van der Waals surface area contributed by atoms with E-state index in [9.17, 15) is 14.9 Å². The van der Waals surface area contributed by atoms with E-state index in [-0.39, 0.29) is 18.0 Å². The SMILES string of the molecule is Cc1c([N+](=O)[O-])cnn1CCC(=O)NCC(C)C. The third-order valence-corrected chi connectivity index (χ3v) is 2.53. The second kappa shape index (κ2) is 6.13. The summed E-state index contributed by atoms with van der Waals surface area (Å²) in [6, 6.07) is 0. The van der Waals surface area contributed by atoms with Gasteiger partial charge >= 0.3 is 5.69 Å². The smallest absolute Gasteiger partial charge is 0.309 e. The fourth-order valence-corrected chi connectivity index (χ4v) is 1.46. The molecular weight excluding hydrogens is 236 g/mol. The van der Waals surface area contributed by atoms with Crippen LogP contribution >= 0.6 is 0 Å². The van der Waals surface area contributed by atoms with Gasteiger partial charge in [0, 0.05) is 13.0 Å². The van der Waals surface area contributed by atoms with Gasteiger partial charge in [-0.05, 0) is 12.8 Å². The van der Waals surface area contributed by atoms with Crippen molar-refractivity contribution < 1.29 is 9.72 Å². The summed E-state index contributed by atoms with van der Waals surface area (Å²) in [5.74, 6) is 0.336. The molecule has 0 bridgehead atoms. The average molecular weight is 254 g/mol. The summed E-state index contributed by atoms with van der Waals surface area (Å²) in [5.41, 5.74) is 0.453. The Hall–Kier alpha value is -1.92. The number of nitrogens with zero attached hydrogens (tertiary/aromatic N) is 3. The van der Waals surface area contributed by atoms with Gasteiger partial charge in [-0.25, -0.2) is 0 Å². The molecule has 100 valence electrons. The predicted molar refractivity (Wildman–Crippen MR) is 66.1 cm³/mol. The first-order valence-corrected chi connectivity index (χ1v) is 5.85. The first kappa shape index (κ1) is 14.1. The fraction of sp³-hybridized carbons (Fsp3) is 0.636. The largest absolute Gasteiger partial charge is 0.356 e. The van der Waals surface area contributed by atoms with E-state index in [4.69, 9.17) is 0 Å². The molecule has 1 heterocycles. The van der Waals surface area contributed by atoms with Gasteiger partial charge in [-0.1, -0.05) is 13.8 Å². The van der Waals surface area contributed by atoms with Crippen molar-refractivity contribution in [1.29, 1.82) is 0 Å². The zero-order valence-corrected chi connectivity index (χ0v) is 10.8. The number of carbonyl (C=O) groups excluding carboxylic acids is 1. The lowest BCUT2D eigenvalue weighted by Gasteiger charge is -2.08. The van der Waals surface area contributed by atoms with Crippen LogP contribution in [0.3, 0.4) is 0 Å². The van der Waals surface area contributed by atoms with Crippen molar-refractivity contribution in [2.75, 3.05) is 6.54 Å². The van der Waals surface area contributed by atoms with Gasteiger partial charge in [0.15, 0.2) is 0 Å². The van der Waals surface area contributed by atoms with E-state index in [0.717, 1.165) is 0 Å². The van der Waals surface area contributed by atoms with Crippen LogP contribution in [0.1, 0.15) is 26.0 Å². The van der Waals surface area contributed by atoms with Crippen molar-refractivity contribution in [3.05, 3.63) is 22.0 Å². The summed E-state index contributed by atoms with van der Waals surface area (Å²) in [7, 11) is 0. The summed E-state index contributed by atoms with van der Waals surface area (Å²) in [6.45, 7) is 6.64. The molecule has 0 aromatic carbocycles. The van der Waals surface area contributed by atoms with Gasteiger partial charge in [0.2, 0.25) is 5.91 Å². The lowest BCUT2D eigenvalue weighted by atomic mass is 10.2. The van der Waals surface area contributed by atoms with Gasteiger partial charge < -0.3 is 5.32 Å². The van der Waals surface area contributed by atoms with Crippen LogP contribution in [0, 0.1) is 23.0 Å². The highest BCUT2D eigenvalue weighted by molar-refractivity contribution is 5.75. The summed E-state index contributed by atoms with van der Waals surface area (Å²) in [5, 5.41) is 17.3. The third-order valence-electron chi connectivity index (χ3n) is 2.53. The molecule has 7 nitrogen and oxygen atoms in total. The Kier molecular flexibility index (Phi) is 4.82. The van der Waals surface area contributed by atoms with Gasteiger partial charge in [0.25, 0.3) is 0 Å². The summed E-state index contributed by atoms with van der Waals surface area (Å²) in [6.07, 6.45) is 1.48. The number of aryl methyl sites for hydroxylation is 1. The maximum atomic E-state index is 11.5. The Labute approximate surface area is 105 Å². The van der Waals surface area contributed by atoms with Crippen LogP contribution in [0.2, 0.25) is 0 Å². The van der Waals surface area contributed by atoms with Gasteiger partial charge in [-0.2, -0.15) is 5.10 Å². The molecule has 0 fully saturated rings. The van der Waals surface area contributed by atoms with E-state index in [1.807, 2.05) is 13.8 Å². The Balaban J connectivity index is 2.49. The molecule has 1 amide bonds. The lowest BCUT2D eigenvalue weighted by molar-refractivity contribution is -0.385. The van der Waals surface area contributed by atoms with Crippen LogP contribution in [-0.2, 0) is 11.3 Å². The Morgan fingerprint density at radius 2 is 2.28 bits per heavy atom. The van der Waals surface area contributed by atoms with Crippen LogP contribution in [0.5, 0.6) is 0 Å². The molecule has 1 aromatic heterocycles. The standard InChI is InChI=1S/C11H18N4O3/c1-8(2)6-12-11(16)4-5-14-9(3)10(7-13-14)15(17)18/h7-8H,4-6H2,1-3H3,(H,12,16). The minimum Gasteiger partial charge on any atom is -0.356 e. The molecule has 0 spiro atoms. The van der Waals surface area contributed by atoms with Crippen molar-refractivity contribution in [3.8, 4) is 0 Å². The van der Waals surface area contributed by atoms with Crippen LogP contribution < -0.4 is 5.32 Å². The van der Waals surface area contributed by atoms with E-state index >= 15 is 0 Å². The van der Waals surface area contributed by atoms with Gasteiger partial charge in [0.05, 0.1) is 11.5 Å². The minimum atomic E-state index is -0.475. The molecule has 0 aliphatic rings. The quantitative estimate of drug-likeness (QED) is 0.611. The molecule has 1 N–H and O–H groups in total. The Morgan fingerprint density at radius 3 is 2.78 bits per heavy atom. The third kappa shape index (κ3) is 3.83. The number of nitro groups is 1. The zero-order chi connectivity index (χ0) is 13.7. The maximum Gasteiger partial charge on any atom is 0.309 e. The highest BCUT2D eigenvalue weighted by Gasteiger charge is 2.16. The minimum absolute atomic E-state index is 0.0161. The topological polar surface area (TPSA) is 90.1 Å². The Morgan fingerprint density at radius 1 is 1.61 bits per heavy atom. The van der Waals surface area contributed by atoms with Crippen molar-refractivity contribution in [2.24, 2.45) is 5.92 Å². The van der Waals surface area contributed by atoms with Crippen molar-refractivity contribution >= 4 is 11.6 Å². The number of carbonyl (C=O) groups is 1. The molecular formula is C11H18N4O3. The van der Waals surface area contributed by atoms with E-state index in [1.165, 1.54) is 10.9 Å². The second-order valence-corrected chi connectivity index (χ2v) is 4.54. The van der Waals surface area contributed by atoms with Gasteiger partial charge in [-0.15, -0.1) is 0 Å². The normalized spacial score (nSPS) is 10.7. The summed E-state index contributed by atoms with van der Waals surface area (Å²) < 4.78 is 1.48. The molecule has 0 saturated heterocycles. The molecule has 1 rings (SSSR count). The monoisotopic (exact) mass is 254 g/mol. The van der Waals surface area contributed by atoms with Crippen molar-refractivity contribution in [3.63, 3.8) is 0 Å². The van der Waals surface area contributed by atoms with E-state index in [2.05, 4.69) is 10.4 Å². The summed E-state index contributed by atoms with van der Waals surface area (Å²) >= 11 is 0. The number of aromatic nitrogens is 2. The van der Waals surface area contributed by atoms with Crippen LogP contribution in [0.15, 0.2) is 6.20 Å². The fourth-order valence-electron chi connectivity index (χ4n) is 1.46. The van der Waals surface area contributed by atoms with Gasteiger partial charge in [-0.3, -0.25) is 19.6 Å². The molecule has 0 aliphatic carbocycles. The molecule has 0 radical (unpaired) electrons. The van der Waals surface area contributed by atoms with Crippen molar-refractivity contribution in [2.45, 2.75) is 33.7 Å². The summed E-state index contributed by atoms with van der Waals surface area (Å²) in [4.78, 5) is 21.6. The molecule has 0 saturated carbocycles. The number of hydrogen-bond donors (Lipinski definition) is 1. The number of rotatable bonds is 6. The number of hydrogen-bond acceptors (Lipinski definition) is 4. The molecule has 0 atom stereocenters. The number of nitrogens with one attached hydrogen (secondary N) is 1. The molecule has 1 aromatic rings. The van der Waals surface area contributed by atoms with E-state index < -0.39 is 4.92 Å². The highest BCUT2D eigenvalue weighted by Crippen LogP contribution is 2.16.